The molecular formula is C25H27ClN2O4S. The Bertz CT molecular complexity index is 1210. The van der Waals surface area contributed by atoms with Gasteiger partial charge in [0.15, 0.2) is 0 Å². The number of methoxy groups -OCH3 is 1. The van der Waals surface area contributed by atoms with Crippen molar-refractivity contribution in [3.63, 3.8) is 0 Å². The zero-order chi connectivity index (χ0) is 24.2. The molecule has 0 aliphatic carbocycles. The van der Waals surface area contributed by atoms with Gasteiger partial charge >= 0.3 is 0 Å². The average Bonchev–Trinajstić information content (AvgIpc) is 2.78. The lowest BCUT2D eigenvalue weighted by Gasteiger charge is -2.31. The van der Waals surface area contributed by atoms with Crippen LogP contribution in [-0.4, -0.2) is 33.7 Å². The average molecular weight is 487 g/mol. The number of halogens is 1. The molecule has 0 saturated carbocycles. The Morgan fingerprint density at radius 2 is 1.61 bits per heavy atom. The molecule has 0 aliphatic rings. The number of ether oxygens (including phenoxy) is 1. The van der Waals surface area contributed by atoms with Crippen molar-refractivity contribution in [2.75, 3.05) is 17.7 Å². The van der Waals surface area contributed by atoms with Crippen molar-refractivity contribution in [2.24, 2.45) is 0 Å². The number of hydrogen-bond acceptors (Lipinski definition) is 4. The first kappa shape index (κ1) is 24.6. The fraction of sp³-hybridized carbons (Fsp3) is 0.240. The summed E-state index contributed by atoms with van der Waals surface area (Å²) in [4.78, 5) is 13.4. The van der Waals surface area contributed by atoms with Crippen LogP contribution in [0.5, 0.6) is 5.75 Å². The number of carbonyl (C=O) groups excluding carboxylic acids is 1. The fourth-order valence-corrected chi connectivity index (χ4v) is 4.98. The molecule has 0 radical (unpaired) electrons. The molecular weight excluding hydrogens is 460 g/mol. The molecule has 0 aliphatic heterocycles. The molecule has 3 aromatic rings. The maximum atomic E-state index is 13.4. The molecule has 0 heterocycles. The predicted molar refractivity (Wildman–Crippen MR) is 132 cm³/mol. The minimum absolute atomic E-state index is 0.196. The van der Waals surface area contributed by atoms with Crippen molar-refractivity contribution in [3.8, 4) is 5.75 Å². The Balaban J connectivity index is 2.00. The summed E-state index contributed by atoms with van der Waals surface area (Å²) in [5, 5.41) is 3.35. The van der Waals surface area contributed by atoms with E-state index < -0.39 is 28.0 Å². The Hall–Kier alpha value is -3.03. The zero-order valence-corrected chi connectivity index (χ0v) is 20.5. The van der Waals surface area contributed by atoms with Crippen LogP contribution in [0.1, 0.15) is 29.7 Å². The van der Waals surface area contributed by atoms with E-state index in [0.29, 0.717) is 10.8 Å². The van der Waals surface area contributed by atoms with E-state index in [1.807, 2.05) is 61.5 Å². The summed E-state index contributed by atoms with van der Waals surface area (Å²) in [6.07, 6.45) is 1.05. The third-order valence-electron chi connectivity index (χ3n) is 5.30. The molecule has 2 unspecified atom stereocenters. The first-order valence-corrected chi connectivity index (χ1v) is 12.6. The number of anilines is 1. The summed E-state index contributed by atoms with van der Waals surface area (Å²) in [7, 11) is -2.42. The van der Waals surface area contributed by atoms with E-state index in [1.165, 1.54) is 20.1 Å². The van der Waals surface area contributed by atoms with E-state index in [0.717, 1.165) is 27.3 Å². The third kappa shape index (κ3) is 5.86. The maximum absolute atomic E-state index is 13.4. The SMILES string of the molecule is COc1ccc(Cl)cc1N(C(C)C(=O)NC(c1ccccc1)c1ccc(C)cc1)S(C)(=O)=O. The van der Waals surface area contributed by atoms with Gasteiger partial charge in [0.2, 0.25) is 15.9 Å². The van der Waals surface area contributed by atoms with Gasteiger partial charge in [0.05, 0.1) is 25.1 Å². The molecule has 6 nitrogen and oxygen atoms in total. The number of carbonyl (C=O) groups is 1. The van der Waals surface area contributed by atoms with Crippen LogP contribution in [0.4, 0.5) is 5.69 Å². The molecule has 0 bridgehead atoms. The topological polar surface area (TPSA) is 75.7 Å². The summed E-state index contributed by atoms with van der Waals surface area (Å²) in [5.41, 5.74) is 3.06. The van der Waals surface area contributed by atoms with Crippen molar-refractivity contribution >= 4 is 33.2 Å². The Labute approximate surface area is 200 Å². The standard InChI is InChI=1S/C25H27ClN2O4S/c1-17-10-12-20(13-11-17)24(19-8-6-5-7-9-19)27-25(29)18(2)28(33(4,30)31)22-16-21(26)14-15-23(22)32-3/h5-16,18,24H,1-4H3,(H,27,29). The minimum atomic E-state index is -3.85. The van der Waals surface area contributed by atoms with Gasteiger partial charge in [0.25, 0.3) is 0 Å². The molecule has 3 rings (SSSR count). The van der Waals surface area contributed by atoms with E-state index >= 15 is 0 Å². The van der Waals surface area contributed by atoms with E-state index in [2.05, 4.69) is 5.32 Å². The summed E-state index contributed by atoms with van der Waals surface area (Å²) in [6.45, 7) is 3.53. The van der Waals surface area contributed by atoms with E-state index in [9.17, 15) is 13.2 Å². The molecule has 0 fully saturated rings. The van der Waals surface area contributed by atoms with Gasteiger partial charge in [0, 0.05) is 5.02 Å². The highest BCUT2D eigenvalue weighted by molar-refractivity contribution is 7.92. The monoisotopic (exact) mass is 486 g/mol. The highest BCUT2D eigenvalue weighted by Crippen LogP contribution is 2.34. The van der Waals surface area contributed by atoms with Crippen molar-refractivity contribution in [1.29, 1.82) is 0 Å². The number of aryl methyl sites for hydroxylation is 1. The van der Waals surface area contributed by atoms with Crippen LogP contribution in [0.25, 0.3) is 0 Å². The number of rotatable bonds is 8. The van der Waals surface area contributed by atoms with E-state index in [4.69, 9.17) is 16.3 Å². The molecule has 2 atom stereocenters. The third-order valence-corrected chi connectivity index (χ3v) is 6.76. The van der Waals surface area contributed by atoms with Crippen LogP contribution in [0.2, 0.25) is 5.02 Å². The second-order valence-electron chi connectivity index (χ2n) is 7.81. The summed E-state index contributed by atoms with van der Waals surface area (Å²) in [5.74, 6) is -0.167. The van der Waals surface area contributed by atoms with Gasteiger partial charge in [-0.3, -0.25) is 9.10 Å². The molecule has 8 heteroatoms. The molecule has 0 aromatic heterocycles. The van der Waals surface area contributed by atoms with Crippen molar-refractivity contribution in [3.05, 3.63) is 94.5 Å². The summed E-state index contributed by atoms with van der Waals surface area (Å²) in [6, 6.07) is 20.5. The van der Waals surface area contributed by atoms with Crippen LogP contribution >= 0.6 is 11.6 Å². The van der Waals surface area contributed by atoms with Crippen LogP contribution in [-0.2, 0) is 14.8 Å². The molecule has 0 spiro atoms. The first-order valence-electron chi connectivity index (χ1n) is 10.4. The van der Waals surface area contributed by atoms with Crippen LogP contribution in [0, 0.1) is 6.92 Å². The lowest BCUT2D eigenvalue weighted by atomic mass is 9.97. The van der Waals surface area contributed by atoms with Gasteiger partial charge in [-0.1, -0.05) is 71.8 Å². The number of amides is 1. The van der Waals surface area contributed by atoms with Gasteiger partial charge in [-0.05, 0) is 43.2 Å². The summed E-state index contributed by atoms with van der Waals surface area (Å²) < 4.78 is 31.9. The van der Waals surface area contributed by atoms with Gasteiger partial charge in [-0.2, -0.15) is 0 Å². The van der Waals surface area contributed by atoms with Gasteiger partial charge in [-0.25, -0.2) is 8.42 Å². The van der Waals surface area contributed by atoms with Gasteiger partial charge in [0.1, 0.15) is 11.8 Å². The van der Waals surface area contributed by atoms with Gasteiger partial charge < -0.3 is 10.1 Å². The Morgan fingerprint density at radius 3 is 2.18 bits per heavy atom. The van der Waals surface area contributed by atoms with Crippen molar-refractivity contribution < 1.29 is 17.9 Å². The molecule has 33 heavy (non-hydrogen) atoms. The maximum Gasteiger partial charge on any atom is 0.244 e. The largest absolute Gasteiger partial charge is 0.495 e. The number of benzene rings is 3. The van der Waals surface area contributed by atoms with Crippen LogP contribution < -0.4 is 14.4 Å². The number of hydrogen-bond donors (Lipinski definition) is 1. The van der Waals surface area contributed by atoms with E-state index in [-0.39, 0.29) is 5.69 Å². The smallest absolute Gasteiger partial charge is 0.244 e. The van der Waals surface area contributed by atoms with Crippen LogP contribution in [0.15, 0.2) is 72.8 Å². The second kappa shape index (κ2) is 10.3. The second-order valence-corrected chi connectivity index (χ2v) is 10.1. The molecule has 3 aromatic carbocycles. The number of nitrogens with one attached hydrogen (secondary N) is 1. The molecule has 1 amide bonds. The number of nitrogens with zero attached hydrogens (tertiary/aromatic N) is 1. The predicted octanol–water partition coefficient (Wildman–Crippen LogP) is 4.72. The Kier molecular flexibility index (Phi) is 7.66. The zero-order valence-electron chi connectivity index (χ0n) is 18.9. The van der Waals surface area contributed by atoms with Crippen molar-refractivity contribution in [1.82, 2.24) is 5.32 Å². The number of sulfonamides is 1. The fourth-order valence-electron chi connectivity index (χ4n) is 3.64. The highest BCUT2D eigenvalue weighted by Gasteiger charge is 2.33. The summed E-state index contributed by atoms with van der Waals surface area (Å²) >= 11 is 6.13. The van der Waals surface area contributed by atoms with Crippen LogP contribution in [0.3, 0.4) is 0 Å². The van der Waals surface area contributed by atoms with Gasteiger partial charge in [-0.15, -0.1) is 0 Å². The minimum Gasteiger partial charge on any atom is -0.495 e. The lowest BCUT2D eigenvalue weighted by Crippen LogP contribution is -2.49. The highest BCUT2D eigenvalue weighted by atomic mass is 35.5. The Morgan fingerprint density at radius 1 is 1.00 bits per heavy atom. The quantitative estimate of drug-likeness (QED) is 0.500. The first-order chi connectivity index (χ1) is 15.6. The van der Waals surface area contributed by atoms with Crippen molar-refractivity contribution in [2.45, 2.75) is 25.9 Å². The normalized spacial score (nSPS) is 13.1. The molecule has 0 saturated heterocycles. The molecule has 174 valence electrons. The van der Waals surface area contributed by atoms with E-state index in [1.54, 1.807) is 12.1 Å². The molecule has 1 N–H and O–H groups in total. The lowest BCUT2D eigenvalue weighted by molar-refractivity contribution is -0.122.